The maximum Gasteiger partial charge on any atom is 0.263 e. The van der Waals surface area contributed by atoms with Crippen molar-refractivity contribution in [3.8, 4) is 5.75 Å². The molecule has 0 saturated carbocycles. The van der Waals surface area contributed by atoms with Crippen LogP contribution in [0.4, 0.5) is 0 Å². The Kier molecular flexibility index (Phi) is 7.17. The lowest BCUT2D eigenvalue weighted by molar-refractivity contribution is -0.139. The van der Waals surface area contributed by atoms with Crippen molar-refractivity contribution in [3.63, 3.8) is 0 Å². The van der Waals surface area contributed by atoms with E-state index in [4.69, 9.17) is 10.5 Å². The van der Waals surface area contributed by atoms with Gasteiger partial charge >= 0.3 is 0 Å². The SMILES string of the molecule is CCC(Oc1ccccc1C)C(=O)N1CC(CN)CC1C.Cl. The predicted molar refractivity (Wildman–Crippen MR) is 91.5 cm³/mol. The van der Waals surface area contributed by atoms with Gasteiger partial charge in [0, 0.05) is 12.6 Å². The minimum absolute atomic E-state index is 0. The molecule has 1 heterocycles. The molecule has 1 saturated heterocycles. The Labute approximate surface area is 139 Å². The van der Waals surface area contributed by atoms with Gasteiger partial charge in [-0.05, 0) is 50.8 Å². The Morgan fingerprint density at radius 3 is 2.68 bits per heavy atom. The van der Waals surface area contributed by atoms with Crippen LogP contribution in [0, 0.1) is 12.8 Å². The van der Waals surface area contributed by atoms with Gasteiger partial charge in [0.15, 0.2) is 6.10 Å². The van der Waals surface area contributed by atoms with Crippen LogP contribution >= 0.6 is 12.4 Å². The molecule has 1 aliphatic heterocycles. The first-order valence-corrected chi connectivity index (χ1v) is 7.79. The highest BCUT2D eigenvalue weighted by atomic mass is 35.5. The first-order valence-electron chi connectivity index (χ1n) is 7.79. The number of benzene rings is 1. The Hall–Kier alpha value is -1.26. The number of carbonyl (C=O) groups is 1. The van der Waals surface area contributed by atoms with Crippen molar-refractivity contribution in [2.75, 3.05) is 13.1 Å². The summed E-state index contributed by atoms with van der Waals surface area (Å²) in [5.74, 6) is 1.30. The van der Waals surface area contributed by atoms with Crippen LogP contribution in [0.3, 0.4) is 0 Å². The van der Waals surface area contributed by atoms with Gasteiger partial charge in [-0.15, -0.1) is 12.4 Å². The fraction of sp³-hybridized carbons (Fsp3) is 0.588. The number of likely N-dealkylation sites (tertiary alicyclic amines) is 1. The highest BCUT2D eigenvalue weighted by Crippen LogP contribution is 2.25. The van der Waals surface area contributed by atoms with E-state index in [-0.39, 0.29) is 24.4 Å². The summed E-state index contributed by atoms with van der Waals surface area (Å²) in [6.07, 6.45) is 1.25. The molecular weight excluding hydrogens is 300 g/mol. The first kappa shape index (κ1) is 18.8. The molecule has 0 aliphatic carbocycles. The number of para-hydroxylation sites is 1. The maximum absolute atomic E-state index is 12.7. The molecule has 22 heavy (non-hydrogen) atoms. The quantitative estimate of drug-likeness (QED) is 0.905. The molecule has 1 aromatic rings. The molecular formula is C17H27ClN2O2. The fourth-order valence-corrected chi connectivity index (χ4v) is 2.96. The number of rotatable bonds is 5. The van der Waals surface area contributed by atoms with E-state index in [0.29, 0.717) is 18.9 Å². The second-order valence-electron chi connectivity index (χ2n) is 5.96. The normalized spacial score (nSPS) is 22.1. The van der Waals surface area contributed by atoms with E-state index in [1.807, 2.05) is 43.0 Å². The number of carbonyl (C=O) groups excluding carboxylic acids is 1. The lowest BCUT2D eigenvalue weighted by Crippen LogP contribution is -2.43. The van der Waals surface area contributed by atoms with Gasteiger partial charge in [-0.1, -0.05) is 25.1 Å². The average Bonchev–Trinajstić information content (AvgIpc) is 2.87. The molecule has 3 atom stereocenters. The third kappa shape index (κ3) is 4.14. The van der Waals surface area contributed by atoms with Crippen LogP contribution in [0.5, 0.6) is 5.75 Å². The number of ether oxygens (including phenoxy) is 1. The minimum atomic E-state index is -0.412. The summed E-state index contributed by atoms with van der Waals surface area (Å²) in [6, 6.07) is 8.07. The summed E-state index contributed by atoms with van der Waals surface area (Å²) in [7, 11) is 0. The van der Waals surface area contributed by atoms with Gasteiger partial charge in [0.05, 0.1) is 0 Å². The minimum Gasteiger partial charge on any atom is -0.480 e. The molecule has 1 aliphatic rings. The van der Waals surface area contributed by atoms with Gasteiger partial charge in [-0.3, -0.25) is 4.79 Å². The molecule has 1 fully saturated rings. The largest absolute Gasteiger partial charge is 0.480 e. The molecule has 2 rings (SSSR count). The zero-order chi connectivity index (χ0) is 15.4. The van der Waals surface area contributed by atoms with Crippen molar-refractivity contribution in [2.24, 2.45) is 11.7 Å². The summed E-state index contributed by atoms with van der Waals surface area (Å²) in [5.41, 5.74) is 6.79. The van der Waals surface area contributed by atoms with Crippen LogP contribution in [-0.2, 0) is 4.79 Å². The zero-order valence-corrected chi connectivity index (χ0v) is 14.4. The number of halogens is 1. The Morgan fingerprint density at radius 2 is 2.14 bits per heavy atom. The molecule has 0 spiro atoms. The second kappa shape index (κ2) is 8.39. The van der Waals surface area contributed by atoms with Crippen molar-refractivity contribution in [2.45, 2.75) is 45.8 Å². The van der Waals surface area contributed by atoms with Gasteiger partial charge in [-0.2, -0.15) is 0 Å². The number of hydrogen-bond donors (Lipinski definition) is 1. The average molecular weight is 327 g/mol. The van der Waals surface area contributed by atoms with Crippen molar-refractivity contribution in [3.05, 3.63) is 29.8 Å². The molecule has 5 heteroatoms. The highest BCUT2D eigenvalue weighted by molar-refractivity contribution is 5.85. The molecule has 2 N–H and O–H groups in total. The van der Waals surface area contributed by atoms with Crippen molar-refractivity contribution < 1.29 is 9.53 Å². The monoisotopic (exact) mass is 326 g/mol. The Bertz CT molecular complexity index is 495. The number of nitrogens with zero attached hydrogens (tertiary/aromatic N) is 1. The summed E-state index contributed by atoms with van der Waals surface area (Å²) < 4.78 is 5.96. The van der Waals surface area contributed by atoms with Gasteiger partial charge in [0.25, 0.3) is 5.91 Å². The summed E-state index contributed by atoms with van der Waals surface area (Å²) >= 11 is 0. The highest BCUT2D eigenvalue weighted by Gasteiger charge is 2.35. The van der Waals surface area contributed by atoms with E-state index < -0.39 is 6.10 Å². The van der Waals surface area contributed by atoms with E-state index >= 15 is 0 Å². The van der Waals surface area contributed by atoms with Crippen LogP contribution in [0.1, 0.15) is 32.3 Å². The van der Waals surface area contributed by atoms with Crippen LogP contribution in [0.15, 0.2) is 24.3 Å². The summed E-state index contributed by atoms with van der Waals surface area (Å²) in [5, 5.41) is 0. The molecule has 1 amide bonds. The third-order valence-electron chi connectivity index (χ3n) is 4.29. The second-order valence-corrected chi connectivity index (χ2v) is 5.96. The first-order chi connectivity index (χ1) is 10.1. The van der Waals surface area contributed by atoms with Gasteiger partial charge in [0.1, 0.15) is 5.75 Å². The molecule has 4 nitrogen and oxygen atoms in total. The Morgan fingerprint density at radius 1 is 1.45 bits per heavy atom. The molecule has 0 aromatic heterocycles. The van der Waals surface area contributed by atoms with Crippen LogP contribution in [-0.4, -0.2) is 36.0 Å². The maximum atomic E-state index is 12.7. The number of amides is 1. The third-order valence-corrected chi connectivity index (χ3v) is 4.29. The standard InChI is InChI=1S/C17H26N2O2.ClH/c1-4-15(21-16-8-6-5-7-12(16)2)17(20)19-11-14(10-18)9-13(19)3;/h5-8,13-15H,4,9-11,18H2,1-3H3;1H. The van der Waals surface area contributed by atoms with Crippen LogP contribution in [0.2, 0.25) is 0 Å². The van der Waals surface area contributed by atoms with E-state index in [2.05, 4.69) is 6.92 Å². The van der Waals surface area contributed by atoms with Gasteiger partial charge in [0.2, 0.25) is 0 Å². The molecule has 0 radical (unpaired) electrons. The van der Waals surface area contributed by atoms with Gasteiger partial charge < -0.3 is 15.4 Å². The number of nitrogens with two attached hydrogens (primary N) is 1. The summed E-state index contributed by atoms with van der Waals surface area (Å²) in [4.78, 5) is 14.7. The van der Waals surface area contributed by atoms with E-state index in [1.165, 1.54) is 0 Å². The van der Waals surface area contributed by atoms with Crippen LogP contribution in [0.25, 0.3) is 0 Å². The van der Waals surface area contributed by atoms with E-state index in [9.17, 15) is 4.79 Å². The van der Waals surface area contributed by atoms with Gasteiger partial charge in [-0.25, -0.2) is 0 Å². The van der Waals surface area contributed by atoms with E-state index in [1.54, 1.807) is 0 Å². The zero-order valence-electron chi connectivity index (χ0n) is 13.6. The predicted octanol–water partition coefficient (Wildman–Crippen LogP) is 2.77. The molecule has 3 unspecified atom stereocenters. The summed E-state index contributed by atoms with van der Waals surface area (Å²) in [6.45, 7) is 7.47. The molecule has 0 bridgehead atoms. The lowest BCUT2D eigenvalue weighted by atomic mass is 10.1. The van der Waals surface area contributed by atoms with Crippen molar-refractivity contribution in [1.82, 2.24) is 4.90 Å². The topological polar surface area (TPSA) is 55.6 Å². The lowest BCUT2D eigenvalue weighted by Gasteiger charge is -2.27. The van der Waals surface area contributed by atoms with Crippen molar-refractivity contribution in [1.29, 1.82) is 0 Å². The Balaban J connectivity index is 0.00000242. The van der Waals surface area contributed by atoms with Crippen LogP contribution < -0.4 is 10.5 Å². The van der Waals surface area contributed by atoms with E-state index in [0.717, 1.165) is 24.3 Å². The fourth-order valence-electron chi connectivity index (χ4n) is 2.96. The van der Waals surface area contributed by atoms with Crippen molar-refractivity contribution >= 4 is 18.3 Å². The number of hydrogen-bond acceptors (Lipinski definition) is 3. The molecule has 124 valence electrons. The smallest absolute Gasteiger partial charge is 0.263 e. The molecule has 1 aromatic carbocycles. The number of aryl methyl sites for hydroxylation is 1.